The highest BCUT2D eigenvalue weighted by molar-refractivity contribution is 6.00. The first kappa shape index (κ1) is 14.2. The van der Waals surface area contributed by atoms with Crippen LogP contribution >= 0.6 is 0 Å². The van der Waals surface area contributed by atoms with Crippen molar-refractivity contribution in [2.75, 3.05) is 19.8 Å². The number of nitrogens with two attached hydrogens (primary N) is 1. The van der Waals surface area contributed by atoms with E-state index in [1.165, 1.54) is 0 Å². The molecule has 0 aliphatic heterocycles. The quantitative estimate of drug-likeness (QED) is 0.261. The lowest BCUT2D eigenvalue weighted by atomic mass is 10.1. The molecule has 0 amide bonds. The summed E-state index contributed by atoms with van der Waals surface area (Å²) in [5.74, 6) is 0.355. The molecule has 6 nitrogen and oxygen atoms in total. The van der Waals surface area contributed by atoms with Gasteiger partial charge in [0.2, 0.25) is 5.88 Å². The molecule has 0 atom stereocenters. The lowest BCUT2D eigenvalue weighted by Gasteiger charge is -2.12. The summed E-state index contributed by atoms with van der Waals surface area (Å²) in [6, 6.07) is 1.85. The fourth-order valence-corrected chi connectivity index (χ4v) is 1.61. The largest absolute Gasteiger partial charge is 0.475 e. The Balaban J connectivity index is 2.93. The van der Waals surface area contributed by atoms with Gasteiger partial charge in [0.05, 0.1) is 12.2 Å². The van der Waals surface area contributed by atoms with Gasteiger partial charge in [-0.25, -0.2) is 4.98 Å². The molecule has 18 heavy (non-hydrogen) atoms. The summed E-state index contributed by atoms with van der Waals surface area (Å²) >= 11 is 0. The van der Waals surface area contributed by atoms with Gasteiger partial charge in [0.1, 0.15) is 6.61 Å². The van der Waals surface area contributed by atoms with E-state index in [1.54, 1.807) is 0 Å². The van der Waals surface area contributed by atoms with Crippen LogP contribution in [0.25, 0.3) is 0 Å². The van der Waals surface area contributed by atoms with Crippen LogP contribution in [0.3, 0.4) is 0 Å². The van der Waals surface area contributed by atoms with E-state index in [9.17, 15) is 0 Å². The van der Waals surface area contributed by atoms with Gasteiger partial charge in [0.25, 0.3) is 0 Å². The maximum atomic E-state index is 8.77. The van der Waals surface area contributed by atoms with E-state index in [1.807, 2.05) is 26.8 Å². The lowest BCUT2D eigenvalue weighted by Crippen LogP contribution is -2.19. The highest BCUT2D eigenvalue weighted by Crippen LogP contribution is 2.20. The Bertz CT molecular complexity index is 433. The van der Waals surface area contributed by atoms with Crippen molar-refractivity contribution in [3.05, 3.63) is 22.9 Å². The number of aromatic nitrogens is 1. The molecular formula is C12H19N3O3. The molecule has 0 aromatic carbocycles. The molecule has 1 rings (SSSR count). The third-order valence-corrected chi connectivity index (χ3v) is 2.35. The third kappa shape index (κ3) is 3.59. The minimum absolute atomic E-state index is 0.00795. The number of amidine groups is 1. The molecule has 0 saturated heterocycles. The number of pyridine rings is 1. The molecule has 1 aromatic rings. The van der Waals surface area contributed by atoms with E-state index in [2.05, 4.69) is 10.1 Å². The highest BCUT2D eigenvalue weighted by atomic mass is 16.5. The second-order valence-corrected chi connectivity index (χ2v) is 3.79. The van der Waals surface area contributed by atoms with Crippen molar-refractivity contribution in [1.82, 2.24) is 4.98 Å². The van der Waals surface area contributed by atoms with Gasteiger partial charge in [-0.2, -0.15) is 0 Å². The summed E-state index contributed by atoms with van der Waals surface area (Å²) in [5, 5.41) is 11.8. The summed E-state index contributed by atoms with van der Waals surface area (Å²) in [4.78, 5) is 4.25. The number of hydrogen-bond acceptors (Lipinski definition) is 5. The Morgan fingerprint density at radius 3 is 2.78 bits per heavy atom. The van der Waals surface area contributed by atoms with Crippen LogP contribution in [-0.2, 0) is 4.74 Å². The molecule has 0 saturated carbocycles. The van der Waals surface area contributed by atoms with Gasteiger partial charge >= 0.3 is 0 Å². The van der Waals surface area contributed by atoms with Gasteiger partial charge in [-0.15, -0.1) is 0 Å². The maximum absolute atomic E-state index is 8.77. The highest BCUT2D eigenvalue weighted by Gasteiger charge is 2.14. The van der Waals surface area contributed by atoms with Gasteiger partial charge in [0.15, 0.2) is 5.84 Å². The van der Waals surface area contributed by atoms with Crippen molar-refractivity contribution >= 4 is 5.84 Å². The van der Waals surface area contributed by atoms with E-state index >= 15 is 0 Å². The van der Waals surface area contributed by atoms with E-state index in [4.69, 9.17) is 20.4 Å². The Kier molecular flexibility index (Phi) is 5.38. The van der Waals surface area contributed by atoms with E-state index in [0.717, 1.165) is 11.3 Å². The number of hydrogen-bond donors (Lipinski definition) is 2. The van der Waals surface area contributed by atoms with Crippen LogP contribution in [0.5, 0.6) is 5.88 Å². The molecule has 0 fully saturated rings. The van der Waals surface area contributed by atoms with E-state index in [0.29, 0.717) is 31.3 Å². The topological polar surface area (TPSA) is 90.0 Å². The minimum Gasteiger partial charge on any atom is -0.475 e. The van der Waals surface area contributed by atoms with Gasteiger partial charge in [-0.3, -0.25) is 0 Å². The van der Waals surface area contributed by atoms with Crippen molar-refractivity contribution in [1.29, 1.82) is 0 Å². The second-order valence-electron chi connectivity index (χ2n) is 3.79. The first-order valence-electron chi connectivity index (χ1n) is 5.76. The first-order valence-corrected chi connectivity index (χ1v) is 5.76. The monoisotopic (exact) mass is 253 g/mol. The Hall–Kier alpha value is -1.82. The molecule has 0 aliphatic carbocycles. The van der Waals surface area contributed by atoms with E-state index < -0.39 is 0 Å². The molecule has 1 aromatic heterocycles. The standard InChI is InChI=1S/C12H19N3O3/c1-4-17-5-6-18-12-10(11(13)15-16)8(2)7-9(3)14-12/h7,16H,4-6H2,1-3H3,(H2,13,15). The summed E-state index contributed by atoms with van der Waals surface area (Å²) in [6.07, 6.45) is 0. The summed E-state index contributed by atoms with van der Waals surface area (Å²) in [5.41, 5.74) is 7.80. The molecule has 100 valence electrons. The van der Waals surface area contributed by atoms with E-state index in [-0.39, 0.29) is 5.84 Å². The summed E-state index contributed by atoms with van der Waals surface area (Å²) in [6.45, 7) is 7.11. The molecular weight excluding hydrogens is 234 g/mol. The first-order chi connectivity index (χ1) is 8.60. The fourth-order valence-electron chi connectivity index (χ4n) is 1.61. The Labute approximate surface area is 106 Å². The molecule has 0 spiro atoms. The van der Waals surface area contributed by atoms with Gasteiger partial charge in [-0.05, 0) is 32.4 Å². The molecule has 0 unspecified atom stereocenters. The molecule has 0 radical (unpaired) electrons. The molecule has 0 aliphatic rings. The van der Waals surface area contributed by atoms with Crippen LogP contribution < -0.4 is 10.5 Å². The van der Waals surface area contributed by atoms with Gasteiger partial charge < -0.3 is 20.4 Å². The maximum Gasteiger partial charge on any atom is 0.225 e. The molecule has 3 N–H and O–H groups in total. The fraction of sp³-hybridized carbons (Fsp3) is 0.500. The molecule has 0 bridgehead atoms. The van der Waals surface area contributed by atoms with Crippen LogP contribution in [0.2, 0.25) is 0 Å². The third-order valence-electron chi connectivity index (χ3n) is 2.35. The predicted octanol–water partition coefficient (Wildman–Crippen LogP) is 1.21. The molecule has 6 heteroatoms. The van der Waals surface area contributed by atoms with Crippen LogP contribution in [0, 0.1) is 13.8 Å². The minimum atomic E-state index is -0.00795. The number of ether oxygens (including phenoxy) is 2. The van der Waals surface area contributed by atoms with Crippen molar-refractivity contribution in [3.63, 3.8) is 0 Å². The van der Waals surface area contributed by atoms with Crippen molar-refractivity contribution in [3.8, 4) is 5.88 Å². The van der Waals surface area contributed by atoms with Crippen molar-refractivity contribution in [2.45, 2.75) is 20.8 Å². The average Bonchev–Trinajstić information content (AvgIpc) is 2.33. The SMILES string of the molecule is CCOCCOc1nc(C)cc(C)c1/C(N)=N/O. The molecule has 1 heterocycles. The second kappa shape index (κ2) is 6.80. The Morgan fingerprint density at radius 1 is 1.44 bits per heavy atom. The smallest absolute Gasteiger partial charge is 0.225 e. The number of rotatable bonds is 6. The number of nitrogens with zero attached hydrogens (tertiary/aromatic N) is 2. The number of aryl methyl sites for hydroxylation is 2. The summed E-state index contributed by atoms with van der Waals surface area (Å²) < 4.78 is 10.7. The zero-order chi connectivity index (χ0) is 13.5. The number of oxime groups is 1. The zero-order valence-corrected chi connectivity index (χ0v) is 10.9. The van der Waals surface area contributed by atoms with Crippen molar-refractivity contribution < 1.29 is 14.7 Å². The summed E-state index contributed by atoms with van der Waals surface area (Å²) in [7, 11) is 0. The van der Waals surface area contributed by atoms with Gasteiger partial charge in [0, 0.05) is 12.3 Å². The van der Waals surface area contributed by atoms with Crippen molar-refractivity contribution in [2.24, 2.45) is 10.9 Å². The Morgan fingerprint density at radius 2 is 2.17 bits per heavy atom. The van der Waals surface area contributed by atoms with Crippen LogP contribution in [-0.4, -0.2) is 35.8 Å². The zero-order valence-electron chi connectivity index (χ0n) is 10.9. The average molecular weight is 253 g/mol. The lowest BCUT2D eigenvalue weighted by molar-refractivity contribution is 0.108. The van der Waals surface area contributed by atoms with Crippen LogP contribution in [0.15, 0.2) is 11.2 Å². The normalized spacial score (nSPS) is 11.6. The van der Waals surface area contributed by atoms with Crippen LogP contribution in [0.4, 0.5) is 0 Å². The van der Waals surface area contributed by atoms with Gasteiger partial charge in [-0.1, -0.05) is 5.16 Å². The predicted molar refractivity (Wildman–Crippen MR) is 68.2 cm³/mol. The van der Waals surface area contributed by atoms with Crippen LogP contribution in [0.1, 0.15) is 23.7 Å².